The Morgan fingerprint density at radius 3 is 2.88 bits per heavy atom. The molecule has 88 valence electrons. The summed E-state index contributed by atoms with van der Waals surface area (Å²) in [6.07, 6.45) is 1.59. The van der Waals surface area contributed by atoms with Gasteiger partial charge in [-0.2, -0.15) is 5.26 Å². The zero-order valence-electron chi connectivity index (χ0n) is 9.21. The van der Waals surface area contributed by atoms with E-state index in [1.165, 1.54) is 5.41 Å². The second kappa shape index (κ2) is 4.18. The molecule has 1 aliphatic rings. The Hall–Kier alpha value is -1.87. The number of nitriles is 1. The number of nitrogens with one attached hydrogen (secondary N) is 1. The fraction of sp³-hybridized carbons (Fsp3) is 0.273. The summed E-state index contributed by atoms with van der Waals surface area (Å²) in [7, 11) is -3.08. The summed E-state index contributed by atoms with van der Waals surface area (Å²) in [4.78, 5) is 4.20. The predicted octanol–water partition coefficient (Wildman–Crippen LogP) is 0.984. The van der Waals surface area contributed by atoms with Gasteiger partial charge in [0.2, 0.25) is 0 Å². The highest BCUT2D eigenvalue weighted by Gasteiger charge is 2.21. The minimum absolute atomic E-state index is 0.0323. The van der Waals surface area contributed by atoms with E-state index in [9.17, 15) is 8.42 Å². The van der Waals surface area contributed by atoms with Crippen molar-refractivity contribution in [3.8, 4) is 6.07 Å². The molecule has 2 heterocycles. The normalized spacial score (nSPS) is 21.1. The Labute approximate surface area is 99.7 Å². The van der Waals surface area contributed by atoms with Gasteiger partial charge >= 0.3 is 0 Å². The lowest BCUT2D eigenvalue weighted by atomic mass is 10.2. The van der Waals surface area contributed by atoms with Crippen LogP contribution in [0, 0.1) is 18.3 Å². The molecule has 1 N–H and O–H groups in total. The van der Waals surface area contributed by atoms with Crippen molar-refractivity contribution in [1.82, 2.24) is 4.98 Å². The Morgan fingerprint density at radius 1 is 1.53 bits per heavy atom. The summed E-state index contributed by atoms with van der Waals surface area (Å²) in [5.41, 5.74) is 1.22. The molecule has 0 amide bonds. The number of nitrogens with zero attached hydrogens (tertiary/aromatic N) is 2. The van der Waals surface area contributed by atoms with Crippen LogP contribution in [0.2, 0.25) is 0 Å². The van der Waals surface area contributed by atoms with E-state index < -0.39 is 9.84 Å². The van der Waals surface area contributed by atoms with Gasteiger partial charge in [0.15, 0.2) is 9.84 Å². The molecule has 0 aromatic carbocycles. The summed E-state index contributed by atoms with van der Waals surface area (Å²) in [5.74, 6) is 0.554. The third-order valence-electron chi connectivity index (χ3n) is 2.35. The molecule has 0 aliphatic carbocycles. The largest absolute Gasteiger partial charge is 0.363 e. The zero-order chi connectivity index (χ0) is 12.5. The van der Waals surface area contributed by atoms with Gasteiger partial charge in [-0.25, -0.2) is 13.4 Å². The van der Waals surface area contributed by atoms with Gasteiger partial charge in [-0.15, -0.1) is 0 Å². The minimum atomic E-state index is -3.08. The summed E-state index contributed by atoms with van der Waals surface area (Å²) < 4.78 is 22.4. The Balaban J connectivity index is 2.18. The number of anilines is 1. The molecule has 17 heavy (non-hydrogen) atoms. The summed E-state index contributed by atoms with van der Waals surface area (Å²) in [6, 6.07) is 5.03. The number of aromatic nitrogens is 1. The highest BCUT2D eigenvalue weighted by Crippen LogP contribution is 2.15. The Morgan fingerprint density at radius 2 is 2.29 bits per heavy atom. The van der Waals surface area contributed by atoms with E-state index in [-0.39, 0.29) is 11.8 Å². The van der Waals surface area contributed by atoms with Crippen molar-refractivity contribution in [2.75, 3.05) is 11.1 Å². The first kappa shape index (κ1) is 11.6. The molecule has 0 bridgehead atoms. The molecule has 0 saturated heterocycles. The number of hydrogen-bond donors (Lipinski definition) is 1. The van der Waals surface area contributed by atoms with Crippen LogP contribution in [0.3, 0.4) is 0 Å². The van der Waals surface area contributed by atoms with Crippen molar-refractivity contribution in [1.29, 1.82) is 5.26 Å². The molecule has 1 aromatic rings. The van der Waals surface area contributed by atoms with Crippen LogP contribution in [0.4, 0.5) is 5.82 Å². The SMILES string of the molecule is Cc1cc(C#N)cc(NC2C=CS(=O)(=O)C2)n1. The number of aryl methyl sites for hydroxylation is 1. The Bertz CT molecular complexity index is 614. The molecule has 1 aliphatic heterocycles. The molecular formula is C11H11N3O2S. The second-order valence-electron chi connectivity index (χ2n) is 3.90. The van der Waals surface area contributed by atoms with Crippen molar-refractivity contribution in [3.63, 3.8) is 0 Å². The first-order valence-corrected chi connectivity index (χ1v) is 6.76. The van der Waals surface area contributed by atoms with Crippen LogP contribution in [0.5, 0.6) is 0 Å². The molecular weight excluding hydrogens is 238 g/mol. The third-order valence-corrected chi connectivity index (χ3v) is 3.74. The highest BCUT2D eigenvalue weighted by atomic mass is 32.2. The van der Waals surface area contributed by atoms with Gasteiger partial charge in [0, 0.05) is 11.1 Å². The van der Waals surface area contributed by atoms with Gasteiger partial charge in [0.25, 0.3) is 0 Å². The van der Waals surface area contributed by atoms with Crippen LogP contribution in [0.15, 0.2) is 23.6 Å². The lowest BCUT2D eigenvalue weighted by Crippen LogP contribution is -2.21. The molecule has 0 saturated carbocycles. The van der Waals surface area contributed by atoms with E-state index in [4.69, 9.17) is 5.26 Å². The average Bonchev–Trinajstić information content (AvgIpc) is 2.57. The van der Waals surface area contributed by atoms with E-state index >= 15 is 0 Å². The van der Waals surface area contributed by atoms with Gasteiger partial charge < -0.3 is 5.32 Å². The zero-order valence-corrected chi connectivity index (χ0v) is 10.0. The second-order valence-corrected chi connectivity index (χ2v) is 5.83. The highest BCUT2D eigenvalue weighted by molar-refractivity contribution is 7.94. The van der Waals surface area contributed by atoms with Crippen molar-refractivity contribution < 1.29 is 8.42 Å². The molecule has 0 spiro atoms. The number of pyridine rings is 1. The van der Waals surface area contributed by atoms with E-state index in [0.717, 1.165) is 5.69 Å². The molecule has 0 fully saturated rings. The first-order valence-electron chi connectivity index (χ1n) is 5.05. The third kappa shape index (κ3) is 2.82. The van der Waals surface area contributed by atoms with Gasteiger partial charge in [0.05, 0.1) is 23.4 Å². The molecule has 1 aromatic heterocycles. The maximum atomic E-state index is 11.2. The summed E-state index contributed by atoms with van der Waals surface area (Å²) >= 11 is 0. The maximum absolute atomic E-state index is 11.2. The minimum Gasteiger partial charge on any atom is -0.363 e. The van der Waals surface area contributed by atoms with Crippen LogP contribution in [0.25, 0.3) is 0 Å². The van der Waals surface area contributed by atoms with Crippen molar-refractivity contribution in [2.24, 2.45) is 0 Å². The van der Waals surface area contributed by atoms with Crippen LogP contribution < -0.4 is 5.32 Å². The average molecular weight is 249 g/mol. The maximum Gasteiger partial charge on any atom is 0.173 e. The number of sulfone groups is 1. The summed E-state index contributed by atoms with van der Waals surface area (Å²) in [6.45, 7) is 1.78. The topological polar surface area (TPSA) is 82.9 Å². The standard InChI is InChI=1S/C11H11N3O2S/c1-8-4-9(6-12)5-11(13-8)14-10-2-3-17(15,16)7-10/h2-5,10H,7H2,1H3,(H,13,14). The molecule has 6 heteroatoms. The summed E-state index contributed by atoms with van der Waals surface area (Å²) in [5, 5.41) is 13.0. The van der Waals surface area contributed by atoms with Crippen LogP contribution in [-0.4, -0.2) is 25.2 Å². The van der Waals surface area contributed by atoms with Gasteiger partial charge in [0.1, 0.15) is 5.82 Å². The molecule has 0 radical (unpaired) electrons. The van der Waals surface area contributed by atoms with E-state index in [1.54, 1.807) is 25.1 Å². The number of rotatable bonds is 2. The Kier molecular flexibility index (Phi) is 2.86. The molecule has 1 atom stereocenters. The molecule has 1 unspecified atom stereocenters. The fourth-order valence-corrected chi connectivity index (χ4v) is 2.90. The smallest absolute Gasteiger partial charge is 0.173 e. The monoisotopic (exact) mass is 249 g/mol. The van der Waals surface area contributed by atoms with Crippen LogP contribution >= 0.6 is 0 Å². The first-order chi connectivity index (χ1) is 7.98. The quantitative estimate of drug-likeness (QED) is 0.845. The van der Waals surface area contributed by atoms with Crippen molar-refractivity contribution in [3.05, 3.63) is 34.9 Å². The fourth-order valence-electron chi connectivity index (χ4n) is 1.66. The van der Waals surface area contributed by atoms with Crippen LogP contribution in [0.1, 0.15) is 11.3 Å². The molecule has 2 rings (SSSR count). The van der Waals surface area contributed by atoms with Gasteiger partial charge in [-0.3, -0.25) is 0 Å². The van der Waals surface area contributed by atoms with Crippen molar-refractivity contribution >= 4 is 15.7 Å². The predicted molar refractivity (Wildman–Crippen MR) is 64.0 cm³/mol. The lowest BCUT2D eigenvalue weighted by molar-refractivity contribution is 0.605. The van der Waals surface area contributed by atoms with Crippen LogP contribution in [-0.2, 0) is 9.84 Å². The van der Waals surface area contributed by atoms with E-state index in [2.05, 4.69) is 10.3 Å². The molecule has 5 nitrogen and oxygen atoms in total. The lowest BCUT2D eigenvalue weighted by Gasteiger charge is -2.11. The number of hydrogen-bond acceptors (Lipinski definition) is 5. The van der Waals surface area contributed by atoms with Crippen molar-refractivity contribution in [2.45, 2.75) is 13.0 Å². The van der Waals surface area contributed by atoms with Gasteiger partial charge in [-0.1, -0.05) is 0 Å². The van der Waals surface area contributed by atoms with Gasteiger partial charge in [-0.05, 0) is 25.1 Å². The van der Waals surface area contributed by atoms with E-state index in [1.807, 2.05) is 6.07 Å². The van der Waals surface area contributed by atoms with E-state index in [0.29, 0.717) is 11.4 Å².